The van der Waals surface area contributed by atoms with Gasteiger partial charge in [-0.05, 0) is 44.5 Å². The van der Waals surface area contributed by atoms with Crippen LogP contribution in [-0.4, -0.2) is 24.6 Å². The Bertz CT molecular complexity index is 725. The molecule has 0 fully saturated rings. The van der Waals surface area contributed by atoms with Crippen molar-refractivity contribution in [1.29, 1.82) is 0 Å². The van der Waals surface area contributed by atoms with Gasteiger partial charge < -0.3 is 14.8 Å². The standard InChI is InChI=1S/C18H22N2O3S/c1-5-23-16-8-6-14(10-17(16)22-4)7-9-18(21)19-12(2)15-11-24-13(3)20-15/h6-12H,5H2,1-4H3,(H,19,21)/b9-7+. The van der Waals surface area contributed by atoms with Crippen molar-refractivity contribution in [2.45, 2.75) is 26.8 Å². The van der Waals surface area contributed by atoms with Crippen molar-refractivity contribution in [3.63, 3.8) is 0 Å². The Morgan fingerprint density at radius 1 is 1.42 bits per heavy atom. The number of carbonyl (C=O) groups excluding carboxylic acids is 1. The van der Waals surface area contributed by atoms with Crippen LogP contribution in [-0.2, 0) is 4.79 Å². The normalized spacial score (nSPS) is 12.2. The van der Waals surface area contributed by atoms with E-state index in [4.69, 9.17) is 9.47 Å². The van der Waals surface area contributed by atoms with Gasteiger partial charge in [-0.2, -0.15) is 0 Å². The summed E-state index contributed by atoms with van der Waals surface area (Å²) in [5.74, 6) is 1.17. The van der Waals surface area contributed by atoms with Gasteiger partial charge in [-0.25, -0.2) is 4.98 Å². The highest BCUT2D eigenvalue weighted by molar-refractivity contribution is 7.09. The zero-order valence-electron chi connectivity index (χ0n) is 14.3. The lowest BCUT2D eigenvalue weighted by atomic mass is 10.2. The van der Waals surface area contributed by atoms with Gasteiger partial charge in [-0.15, -0.1) is 11.3 Å². The summed E-state index contributed by atoms with van der Waals surface area (Å²) >= 11 is 1.57. The summed E-state index contributed by atoms with van der Waals surface area (Å²) in [5.41, 5.74) is 1.74. The van der Waals surface area contributed by atoms with Crippen LogP contribution in [0.3, 0.4) is 0 Å². The van der Waals surface area contributed by atoms with Crippen LogP contribution < -0.4 is 14.8 Å². The summed E-state index contributed by atoms with van der Waals surface area (Å²) in [4.78, 5) is 16.4. The number of ether oxygens (including phenoxy) is 2. The average molecular weight is 346 g/mol. The van der Waals surface area contributed by atoms with E-state index < -0.39 is 0 Å². The van der Waals surface area contributed by atoms with Crippen LogP contribution in [0.4, 0.5) is 0 Å². The van der Waals surface area contributed by atoms with Gasteiger partial charge in [0.1, 0.15) is 0 Å². The highest BCUT2D eigenvalue weighted by atomic mass is 32.1. The van der Waals surface area contributed by atoms with Crippen molar-refractivity contribution in [3.8, 4) is 11.5 Å². The molecule has 0 saturated heterocycles. The zero-order chi connectivity index (χ0) is 17.5. The lowest BCUT2D eigenvalue weighted by Gasteiger charge is -2.10. The number of hydrogen-bond acceptors (Lipinski definition) is 5. The van der Waals surface area contributed by atoms with Gasteiger partial charge in [0.05, 0.1) is 30.5 Å². The van der Waals surface area contributed by atoms with Crippen LogP contribution >= 0.6 is 11.3 Å². The Morgan fingerprint density at radius 3 is 2.83 bits per heavy atom. The number of benzene rings is 1. The van der Waals surface area contributed by atoms with Crippen molar-refractivity contribution in [1.82, 2.24) is 10.3 Å². The van der Waals surface area contributed by atoms with E-state index >= 15 is 0 Å². The first-order valence-electron chi connectivity index (χ1n) is 7.75. The first kappa shape index (κ1) is 18.0. The molecule has 24 heavy (non-hydrogen) atoms. The summed E-state index contributed by atoms with van der Waals surface area (Å²) in [6.45, 7) is 6.35. The van der Waals surface area contributed by atoms with Crippen LogP contribution in [0.5, 0.6) is 11.5 Å². The number of amides is 1. The lowest BCUT2D eigenvalue weighted by molar-refractivity contribution is -0.117. The maximum atomic E-state index is 12.1. The number of methoxy groups -OCH3 is 1. The zero-order valence-corrected chi connectivity index (χ0v) is 15.1. The highest BCUT2D eigenvalue weighted by Crippen LogP contribution is 2.28. The Hall–Kier alpha value is -2.34. The van der Waals surface area contributed by atoms with Gasteiger partial charge in [0.15, 0.2) is 11.5 Å². The number of hydrogen-bond donors (Lipinski definition) is 1. The van der Waals surface area contributed by atoms with E-state index in [2.05, 4.69) is 10.3 Å². The van der Waals surface area contributed by atoms with E-state index in [0.29, 0.717) is 18.1 Å². The molecule has 1 amide bonds. The molecule has 2 rings (SSSR count). The largest absolute Gasteiger partial charge is 0.493 e. The van der Waals surface area contributed by atoms with Gasteiger partial charge in [0.2, 0.25) is 5.91 Å². The summed E-state index contributed by atoms with van der Waals surface area (Å²) in [6.07, 6.45) is 3.25. The van der Waals surface area contributed by atoms with Gasteiger partial charge in [0, 0.05) is 11.5 Å². The molecule has 0 aliphatic heterocycles. The molecular formula is C18H22N2O3S. The molecule has 1 aromatic heterocycles. The topological polar surface area (TPSA) is 60.5 Å². The number of aryl methyl sites for hydroxylation is 1. The molecule has 128 valence electrons. The molecule has 1 aromatic carbocycles. The summed E-state index contributed by atoms with van der Waals surface area (Å²) in [6, 6.07) is 5.43. The van der Waals surface area contributed by atoms with Gasteiger partial charge in [-0.3, -0.25) is 4.79 Å². The van der Waals surface area contributed by atoms with Crippen LogP contribution in [0, 0.1) is 6.92 Å². The second-order valence-electron chi connectivity index (χ2n) is 5.20. The number of aromatic nitrogens is 1. The molecule has 5 nitrogen and oxygen atoms in total. The number of nitrogens with zero attached hydrogens (tertiary/aromatic N) is 1. The first-order valence-corrected chi connectivity index (χ1v) is 8.63. The monoisotopic (exact) mass is 346 g/mol. The number of rotatable bonds is 7. The second kappa shape index (κ2) is 8.49. The highest BCUT2D eigenvalue weighted by Gasteiger charge is 2.10. The SMILES string of the molecule is CCOc1ccc(/C=C/C(=O)NC(C)c2csc(C)n2)cc1OC. The molecule has 0 radical (unpaired) electrons. The molecule has 0 saturated carbocycles. The van der Waals surface area contributed by atoms with Crippen molar-refractivity contribution in [2.75, 3.05) is 13.7 Å². The van der Waals surface area contributed by atoms with Crippen molar-refractivity contribution >= 4 is 23.3 Å². The number of carbonyl (C=O) groups is 1. The number of nitrogens with one attached hydrogen (secondary N) is 1. The van der Waals surface area contributed by atoms with Crippen molar-refractivity contribution in [2.24, 2.45) is 0 Å². The molecule has 1 N–H and O–H groups in total. The third kappa shape index (κ3) is 4.83. The van der Waals surface area contributed by atoms with E-state index in [1.807, 2.05) is 44.4 Å². The fraction of sp³-hybridized carbons (Fsp3) is 0.333. The molecule has 1 atom stereocenters. The quantitative estimate of drug-likeness (QED) is 0.776. The van der Waals surface area contributed by atoms with Crippen LogP contribution in [0.25, 0.3) is 6.08 Å². The summed E-state index contributed by atoms with van der Waals surface area (Å²) in [5, 5.41) is 5.85. The maximum absolute atomic E-state index is 12.1. The van der Waals surface area contributed by atoms with E-state index in [9.17, 15) is 4.79 Å². The molecule has 6 heteroatoms. The van der Waals surface area contributed by atoms with Gasteiger partial charge >= 0.3 is 0 Å². The third-order valence-corrected chi connectivity index (χ3v) is 4.15. The lowest BCUT2D eigenvalue weighted by Crippen LogP contribution is -2.24. The minimum atomic E-state index is -0.166. The average Bonchev–Trinajstić information content (AvgIpc) is 3.00. The first-order chi connectivity index (χ1) is 11.5. The second-order valence-corrected chi connectivity index (χ2v) is 6.26. The van der Waals surface area contributed by atoms with E-state index in [1.165, 1.54) is 6.08 Å². The van der Waals surface area contributed by atoms with Crippen molar-refractivity contribution in [3.05, 3.63) is 45.9 Å². The molecule has 1 heterocycles. The predicted octanol–water partition coefficient (Wildman–Crippen LogP) is 3.75. The van der Waals surface area contributed by atoms with Crippen LogP contribution in [0.1, 0.15) is 36.2 Å². The third-order valence-electron chi connectivity index (χ3n) is 3.35. The number of thiazole rings is 1. The Balaban J connectivity index is 2.00. The fourth-order valence-corrected chi connectivity index (χ4v) is 2.86. The molecular weight excluding hydrogens is 324 g/mol. The fourth-order valence-electron chi connectivity index (χ4n) is 2.15. The van der Waals surface area contributed by atoms with Crippen LogP contribution in [0.2, 0.25) is 0 Å². The maximum Gasteiger partial charge on any atom is 0.244 e. The van der Waals surface area contributed by atoms with Gasteiger partial charge in [-0.1, -0.05) is 6.07 Å². The van der Waals surface area contributed by atoms with Crippen molar-refractivity contribution < 1.29 is 14.3 Å². The molecule has 0 spiro atoms. The van der Waals surface area contributed by atoms with Crippen LogP contribution in [0.15, 0.2) is 29.7 Å². The van der Waals surface area contributed by atoms with E-state index in [0.717, 1.165) is 16.3 Å². The smallest absolute Gasteiger partial charge is 0.244 e. The molecule has 0 aliphatic carbocycles. The predicted molar refractivity (Wildman–Crippen MR) is 96.6 cm³/mol. The Kier molecular flexibility index (Phi) is 6.37. The minimum Gasteiger partial charge on any atom is -0.493 e. The minimum absolute atomic E-state index is 0.123. The summed E-state index contributed by atoms with van der Waals surface area (Å²) in [7, 11) is 1.59. The summed E-state index contributed by atoms with van der Waals surface area (Å²) < 4.78 is 10.8. The van der Waals surface area contributed by atoms with E-state index in [1.54, 1.807) is 24.5 Å². The Morgan fingerprint density at radius 2 is 2.21 bits per heavy atom. The molecule has 0 bridgehead atoms. The Labute approximate surface area is 146 Å². The molecule has 2 aromatic rings. The van der Waals surface area contributed by atoms with E-state index in [-0.39, 0.29) is 11.9 Å². The molecule has 1 unspecified atom stereocenters. The van der Waals surface area contributed by atoms with Gasteiger partial charge in [0.25, 0.3) is 0 Å². The molecule has 0 aliphatic rings.